The molecule has 23 heavy (non-hydrogen) atoms. The zero-order valence-electron chi connectivity index (χ0n) is 12.4. The van der Waals surface area contributed by atoms with E-state index in [0.29, 0.717) is 5.75 Å². The van der Waals surface area contributed by atoms with E-state index in [9.17, 15) is 14.0 Å². The Morgan fingerprint density at radius 1 is 1.22 bits per heavy atom. The number of hydrogen-bond acceptors (Lipinski definition) is 3. The zero-order chi connectivity index (χ0) is 16.4. The van der Waals surface area contributed by atoms with E-state index in [2.05, 4.69) is 0 Å². The van der Waals surface area contributed by atoms with Gasteiger partial charge in [-0.1, -0.05) is 36.4 Å². The van der Waals surface area contributed by atoms with E-state index >= 15 is 0 Å². The van der Waals surface area contributed by atoms with Crippen LogP contribution in [0.4, 0.5) is 4.39 Å². The summed E-state index contributed by atoms with van der Waals surface area (Å²) >= 11 is 0. The fourth-order valence-electron chi connectivity index (χ4n) is 2.71. The van der Waals surface area contributed by atoms with Gasteiger partial charge in [0, 0.05) is 18.4 Å². The number of nitrogens with zero attached hydrogens (tertiary/aromatic N) is 1. The van der Waals surface area contributed by atoms with E-state index in [1.165, 1.54) is 4.90 Å². The number of benzene rings is 2. The molecule has 0 saturated carbocycles. The fraction of sp³-hybridized carbons (Fsp3) is 0.294. The minimum absolute atomic E-state index is 0.0839. The molecular formula is C17H16FNO4. The number of carbonyl (C=O) groups excluding carboxylic acids is 1. The molecular weight excluding hydrogens is 301 g/mol. The van der Waals surface area contributed by atoms with Crippen molar-refractivity contribution in [1.29, 1.82) is 0 Å². The van der Waals surface area contributed by atoms with Crippen molar-refractivity contribution >= 4 is 22.6 Å². The molecule has 1 unspecified atom stereocenters. The van der Waals surface area contributed by atoms with Gasteiger partial charge in [0.05, 0.1) is 6.54 Å². The van der Waals surface area contributed by atoms with Gasteiger partial charge < -0.3 is 14.7 Å². The molecule has 1 amide bonds. The number of carbonyl (C=O) groups is 2. The molecule has 1 heterocycles. The number of ether oxygens (including phenoxy) is 1. The minimum atomic E-state index is -2.35. The van der Waals surface area contributed by atoms with Gasteiger partial charge in [0.25, 0.3) is 5.91 Å². The standard InChI is InChI=1S/C17H16FNO4/c18-17(16(21)22)8-9-19(11-17)15(20)10-23-14-7-3-5-12-4-1-2-6-13(12)14/h1-7H,8-11H2,(H,21,22). The second-order valence-electron chi connectivity index (χ2n) is 5.60. The van der Waals surface area contributed by atoms with Crippen LogP contribution in [0.3, 0.4) is 0 Å². The Morgan fingerprint density at radius 2 is 1.96 bits per heavy atom. The highest BCUT2D eigenvalue weighted by Crippen LogP contribution is 2.27. The van der Waals surface area contributed by atoms with Crippen LogP contribution in [-0.2, 0) is 9.59 Å². The van der Waals surface area contributed by atoms with E-state index in [0.717, 1.165) is 10.8 Å². The van der Waals surface area contributed by atoms with E-state index in [4.69, 9.17) is 9.84 Å². The van der Waals surface area contributed by atoms with Gasteiger partial charge in [0.1, 0.15) is 5.75 Å². The molecule has 1 fully saturated rings. The lowest BCUT2D eigenvalue weighted by Gasteiger charge is -2.18. The van der Waals surface area contributed by atoms with Gasteiger partial charge in [0.2, 0.25) is 5.67 Å². The van der Waals surface area contributed by atoms with Crippen LogP contribution < -0.4 is 4.74 Å². The van der Waals surface area contributed by atoms with Crippen molar-refractivity contribution in [3.63, 3.8) is 0 Å². The highest BCUT2D eigenvalue weighted by atomic mass is 19.1. The number of alkyl halides is 1. The van der Waals surface area contributed by atoms with Crippen molar-refractivity contribution in [3.05, 3.63) is 42.5 Å². The predicted octanol–water partition coefficient (Wildman–Crippen LogP) is 2.24. The number of aliphatic carboxylic acids is 1. The molecule has 1 N–H and O–H groups in total. The Bertz CT molecular complexity index is 758. The van der Waals surface area contributed by atoms with Crippen molar-refractivity contribution in [2.24, 2.45) is 0 Å². The molecule has 0 spiro atoms. The first kappa shape index (κ1) is 15.3. The molecule has 0 aromatic heterocycles. The summed E-state index contributed by atoms with van der Waals surface area (Å²) in [6, 6.07) is 13.1. The fourth-order valence-corrected chi connectivity index (χ4v) is 2.71. The molecule has 5 nitrogen and oxygen atoms in total. The molecule has 1 saturated heterocycles. The summed E-state index contributed by atoms with van der Waals surface area (Å²) in [5.41, 5.74) is -2.35. The number of hydrogen-bond donors (Lipinski definition) is 1. The van der Waals surface area contributed by atoms with Crippen molar-refractivity contribution in [1.82, 2.24) is 4.90 Å². The summed E-state index contributed by atoms with van der Waals surface area (Å²) in [6.45, 7) is -0.593. The van der Waals surface area contributed by atoms with Crippen LogP contribution in [0, 0.1) is 0 Å². The van der Waals surface area contributed by atoms with Gasteiger partial charge in [-0.05, 0) is 11.5 Å². The van der Waals surface area contributed by atoms with Crippen molar-refractivity contribution in [2.45, 2.75) is 12.1 Å². The van der Waals surface area contributed by atoms with Gasteiger partial charge >= 0.3 is 5.97 Å². The number of halogens is 1. The Hall–Kier alpha value is -2.63. The summed E-state index contributed by atoms with van der Waals surface area (Å²) in [7, 11) is 0. The van der Waals surface area contributed by atoms with Gasteiger partial charge in [-0.15, -0.1) is 0 Å². The summed E-state index contributed by atoms with van der Waals surface area (Å²) in [6.07, 6.45) is -0.192. The number of rotatable bonds is 4. The lowest BCUT2D eigenvalue weighted by molar-refractivity contribution is -0.150. The molecule has 2 aromatic carbocycles. The number of carboxylic acid groups (broad SMARTS) is 1. The van der Waals surface area contributed by atoms with E-state index in [1.54, 1.807) is 6.07 Å². The quantitative estimate of drug-likeness (QED) is 0.939. The van der Waals surface area contributed by atoms with Crippen LogP contribution in [0.2, 0.25) is 0 Å². The van der Waals surface area contributed by atoms with Crippen molar-refractivity contribution < 1.29 is 23.8 Å². The van der Waals surface area contributed by atoms with Crippen LogP contribution in [0.1, 0.15) is 6.42 Å². The zero-order valence-corrected chi connectivity index (χ0v) is 12.4. The molecule has 120 valence electrons. The number of carboxylic acids is 1. The summed E-state index contributed by atoms with van der Waals surface area (Å²) < 4.78 is 19.5. The molecule has 2 aromatic rings. The molecule has 3 rings (SSSR count). The largest absolute Gasteiger partial charge is 0.483 e. The summed E-state index contributed by atoms with van der Waals surface area (Å²) in [4.78, 5) is 24.2. The lowest BCUT2D eigenvalue weighted by atomic mass is 10.1. The summed E-state index contributed by atoms with van der Waals surface area (Å²) in [5.74, 6) is -1.37. The molecule has 1 atom stereocenters. The highest BCUT2D eigenvalue weighted by molar-refractivity contribution is 5.89. The van der Waals surface area contributed by atoms with Gasteiger partial charge in [0.15, 0.2) is 6.61 Å². The minimum Gasteiger partial charge on any atom is -0.483 e. The van der Waals surface area contributed by atoms with Crippen LogP contribution in [0.5, 0.6) is 5.75 Å². The average molecular weight is 317 g/mol. The maximum absolute atomic E-state index is 14.0. The van der Waals surface area contributed by atoms with E-state index < -0.39 is 24.1 Å². The number of amides is 1. The first-order chi connectivity index (χ1) is 11.0. The van der Waals surface area contributed by atoms with Gasteiger partial charge in [-0.3, -0.25) is 4.79 Å². The maximum atomic E-state index is 14.0. The van der Waals surface area contributed by atoms with Crippen molar-refractivity contribution in [2.75, 3.05) is 19.7 Å². The predicted molar refractivity (Wildman–Crippen MR) is 82.1 cm³/mol. The molecule has 1 aliphatic rings. The summed E-state index contributed by atoms with van der Waals surface area (Å²) in [5, 5.41) is 10.7. The third kappa shape index (κ3) is 2.97. The van der Waals surface area contributed by atoms with E-state index in [-0.39, 0.29) is 19.6 Å². The third-order valence-electron chi connectivity index (χ3n) is 4.06. The topological polar surface area (TPSA) is 66.8 Å². The molecule has 0 aliphatic carbocycles. The number of likely N-dealkylation sites (tertiary alicyclic amines) is 1. The van der Waals surface area contributed by atoms with Crippen LogP contribution in [0.15, 0.2) is 42.5 Å². The first-order valence-corrected chi connectivity index (χ1v) is 7.30. The van der Waals surface area contributed by atoms with Crippen LogP contribution in [-0.4, -0.2) is 47.2 Å². The Morgan fingerprint density at radius 3 is 2.70 bits per heavy atom. The van der Waals surface area contributed by atoms with Crippen molar-refractivity contribution in [3.8, 4) is 5.75 Å². The highest BCUT2D eigenvalue weighted by Gasteiger charge is 2.46. The molecule has 6 heteroatoms. The molecule has 0 radical (unpaired) electrons. The normalized spacial score (nSPS) is 20.7. The van der Waals surface area contributed by atoms with Gasteiger partial charge in [-0.25, -0.2) is 9.18 Å². The van der Waals surface area contributed by atoms with E-state index in [1.807, 2.05) is 36.4 Å². The first-order valence-electron chi connectivity index (χ1n) is 7.30. The lowest BCUT2D eigenvalue weighted by Crippen LogP contribution is -2.40. The Kier molecular flexibility index (Phi) is 3.90. The monoisotopic (exact) mass is 317 g/mol. The molecule has 1 aliphatic heterocycles. The SMILES string of the molecule is O=C(COc1cccc2ccccc12)N1CCC(F)(C(=O)O)C1. The average Bonchev–Trinajstić information content (AvgIpc) is 2.96. The maximum Gasteiger partial charge on any atom is 0.343 e. The molecule has 0 bridgehead atoms. The Balaban J connectivity index is 1.67. The Labute approximate surface area is 132 Å². The number of fused-ring (bicyclic) bond motifs is 1. The second kappa shape index (κ2) is 5.87. The van der Waals surface area contributed by atoms with Crippen LogP contribution in [0.25, 0.3) is 10.8 Å². The van der Waals surface area contributed by atoms with Gasteiger partial charge in [-0.2, -0.15) is 0 Å². The van der Waals surface area contributed by atoms with Crippen LogP contribution >= 0.6 is 0 Å². The smallest absolute Gasteiger partial charge is 0.343 e. The third-order valence-corrected chi connectivity index (χ3v) is 4.06. The second-order valence-corrected chi connectivity index (χ2v) is 5.60.